The van der Waals surface area contributed by atoms with Crippen molar-refractivity contribution < 1.29 is 0 Å². The van der Waals surface area contributed by atoms with Gasteiger partial charge in [0.15, 0.2) is 5.82 Å². The van der Waals surface area contributed by atoms with Crippen molar-refractivity contribution in [3.63, 3.8) is 0 Å². The summed E-state index contributed by atoms with van der Waals surface area (Å²) in [6.07, 6.45) is 9.97. The Labute approximate surface area is 338 Å². The SMILES string of the molecule is C1=C2c3c(cccc3-c3c2c(-c2ccccc2)cc2cccnc32)B2c3c1cc(-c1ncccn1)cc3-n1c3c2cccc3c2c3ncccc3n(-c3ccccc3)c21. The number of fused-ring (bicyclic) bond motifs is 13. The van der Waals surface area contributed by atoms with E-state index in [0.29, 0.717) is 5.82 Å². The van der Waals surface area contributed by atoms with Crippen molar-refractivity contribution in [3.8, 4) is 45.0 Å². The molecule has 0 saturated heterocycles. The molecule has 270 valence electrons. The Morgan fingerprint density at radius 1 is 0.508 bits per heavy atom. The van der Waals surface area contributed by atoms with E-state index in [-0.39, 0.29) is 6.71 Å². The van der Waals surface area contributed by atoms with Crippen molar-refractivity contribution in [1.82, 2.24) is 29.1 Å². The zero-order chi connectivity index (χ0) is 38.3. The molecular formula is C52H29BN6. The molecule has 0 amide bonds. The molecule has 5 aromatic heterocycles. The van der Waals surface area contributed by atoms with E-state index in [1.165, 1.54) is 66.2 Å². The van der Waals surface area contributed by atoms with Crippen LogP contribution in [0.5, 0.6) is 0 Å². The van der Waals surface area contributed by atoms with Crippen LogP contribution in [0.4, 0.5) is 0 Å². The van der Waals surface area contributed by atoms with Gasteiger partial charge in [-0.3, -0.25) is 19.1 Å². The van der Waals surface area contributed by atoms with Gasteiger partial charge in [-0.2, -0.15) is 0 Å². The van der Waals surface area contributed by atoms with Gasteiger partial charge >= 0.3 is 0 Å². The van der Waals surface area contributed by atoms with Gasteiger partial charge in [0.1, 0.15) is 5.65 Å². The maximum Gasteiger partial charge on any atom is 0.248 e. The van der Waals surface area contributed by atoms with Crippen LogP contribution in [0.1, 0.15) is 16.7 Å². The monoisotopic (exact) mass is 748 g/mol. The van der Waals surface area contributed by atoms with E-state index < -0.39 is 0 Å². The van der Waals surface area contributed by atoms with Crippen molar-refractivity contribution in [1.29, 1.82) is 0 Å². The van der Waals surface area contributed by atoms with Crippen LogP contribution in [-0.4, -0.2) is 35.8 Å². The summed E-state index contributed by atoms with van der Waals surface area (Å²) in [6, 6.07) is 52.7. The summed E-state index contributed by atoms with van der Waals surface area (Å²) in [5.74, 6) is 0.694. The molecule has 0 radical (unpaired) electrons. The number of hydrogen-bond acceptors (Lipinski definition) is 4. The smallest absolute Gasteiger partial charge is 0.248 e. The summed E-state index contributed by atoms with van der Waals surface area (Å²) in [7, 11) is 0. The van der Waals surface area contributed by atoms with Crippen LogP contribution in [0.25, 0.3) is 101 Å². The number of rotatable bonds is 3. The van der Waals surface area contributed by atoms with Crippen molar-refractivity contribution in [3.05, 3.63) is 187 Å². The number of benzene rings is 6. The largest absolute Gasteiger partial charge is 0.296 e. The lowest BCUT2D eigenvalue weighted by Crippen LogP contribution is -2.57. The third-order valence-electron chi connectivity index (χ3n) is 12.8. The van der Waals surface area contributed by atoms with E-state index in [4.69, 9.17) is 19.9 Å². The molecule has 6 aromatic carbocycles. The van der Waals surface area contributed by atoms with Crippen LogP contribution in [0.15, 0.2) is 170 Å². The molecule has 14 rings (SSSR count). The first kappa shape index (κ1) is 31.2. The molecule has 11 aromatic rings. The Kier molecular flexibility index (Phi) is 6.01. The van der Waals surface area contributed by atoms with Gasteiger partial charge in [-0.05, 0) is 105 Å². The lowest BCUT2D eigenvalue weighted by molar-refractivity contribution is 1.07. The van der Waals surface area contributed by atoms with Crippen LogP contribution >= 0.6 is 0 Å². The van der Waals surface area contributed by atoms with Crippen LogP contribution < -0.4 is 16.4 Å². The minimum Gasteiger partial charge on any atom is -0.296 e. The first-order valence-electron chi connectivity index (χ1n) is 20.1. The fraction of sp³-hybridized carbons (Fsp3) is 0. The van der Waals surface area contributed by atoms with Crippen molar-refractivity contribution >= 4 is 78.6 Å². The Morgan fingerprint density at radius 3 is 2.14 bits per heavy atom. The number of pyridine rings is 2. The second-order valence-electron chi connectivity index (χ2n) is 15.8. The summed E-state index contributed by atoms with van der Waals surface area (Å²) >= 11 is 0. The van der Waals surface area contributed by atoms with Gasteiger partial charge < -0.3 is 0 Å². The van der Waals surface area contributed by atoms with Gasteiger partial charge in [0, 0.05) is 63.6 Å². The van der Waals surface area contributed by atoms with Crippen LogP contribution in [0.2, 0.25) is 0 Å². The minimum absolute atomic E-state index is 0.0530. The second kappa shape index (κ2) is 11.4. The van der Waals surface area contributed by atoms with Crippen LogP contribution in [-0.2, 0) is 0 Å². The predicted molar refractivity (Wildman–Crippen MR) is 241 cm³/mol. The van der Waals surface area contributed by atoms with E-state index in [0.717, 1.165) is 55.5 Å². The second-order valence-corrected chi connectivity index (χ2v) is 15.8. The highest BCUT2D eigenvalue weighted by Gasteiger charge is 2.43. The highest BCUT2D eigenvalue weighted by atomic mass is 15.2. The molecular weight excluding hydrogens is 719 g/mol. The Balaban J connectivity index is 1.19. The van der Waals surface area contributed by atoms with Gasteiger partial charge in [0.05, 0.1) is 27.5 Å². The first-order chi connectivity index (χ1) is 29.3. The van der Waals surface area contributed by atoms with Gasteiger partial charge in [0.2, 0.25) is 6.71 Å². The Bertz CT molecular complexity index is 3660. The number of para-hydroxylation sites is 2. The number of hydrogen-bond donors (Lipinski definition) is 0. The molecule has 0 N–H and O–H groups in total. The highest BCUT2D eigenvalue weighted by Crippen LogP contribution is 2.52. The molecule has 0 spiro atoms. The minimum atomic E-state index is -0.0530. The summed E-state index contributed by atoms with van der Waals surface area (Å²) in [6.45, 7) is -0.0530. The van der Waals surface area contributed by atoms with Crippen LogP contribution in [0.3, 0.4) is 0 Å². The molecule has 0 unspecified atom stereocenters. The van der Waals surface area contributed by atoms with Gasteiger partial charge in [-0.15, -0.1) is 0 Å². The van der Waals surface area contributed by atoms with E-state index in [1.807, 2.05) is 43.0 Å². The molecule has 0 fully saturated rings. The van der Waals surface area contributed by atoms with Gasteiger partial charge in [0.25, 0.3) is 0 Å². The third kappa shape index (κ3) is 4.01. The summed E-state index contributed by atoms with van der Waals surface area (Å²) in [4.78, 5) is 19.8. The zero-order valence-corrected chi connectivity index (χ0v) is 31.5. The summed E-state index contributed by atoms with van der Waals surface area (Å²) in [5, 5.41) is 3.48. The molecule has 7 heterocycles. The average Bonchev–Trinajstić information content (AvgIpc) is 3.90. The molecule has 7 heteroatoms. The van der Waals surface area contributed by atoms with E-state index in [9.17, 15) is 0 Å². The summed E-state index contributed by atoms with van der Waals surface area (Å²) in [5.41, 5.74) is 22.2. The lowest BCUT2D eigenvalue weighted by Gasteiger charge is -2.29. The van der Waals surface area contributed by atoms with Gasteiger partial charge in [-0.25, -0.2) is 9.97 Å². The number of aromatic nitrogens is 6. The fourth-order valence-electron chi connectivity index (χ4n) is 10.7. The third-order valence-corrected chi connectivity index (χ3v) is 12.8. The molecule has 6 nitrogen and oxygen atoms in total. The molecule has 3 aliphatic rings. The maximum atomic E-state index is 5.09. The molecule has 0 bridgehead atoms. The molecule has 1 aliphatic carbocycles. The standard InChI is InChI=1S/C52H29BN6/c1-3-12-30(13-4-1)37-27-31-14-9-22-54-48(31)45-35-17-7-19-39-43(35)38(44(37)45)28-32-26-33(51-56-24-11-25-57-51)29-42-47(32)53(39)40-20-8-18-36-46-49-41(21-10-23-55-49)58(34-15-5-2-6-16-34)52(46)59(42)50(36)40/h1-29H. The molecule has 2 aliphatic heterocycles. The molecule has 59 heavy (non-hydrogen) atoms. The Hall–Kier alpha value is -7.90. The predicted octanol–water partition coefficient (Wildman–Crippen LogP) is 9.51. The van der Waals surface area contributed by atoms with E-state index in [2.05, 4.69) is 143 Å². The van der Waals surface area contributed by atoms with Crippen molar-refractivity contribution in [2.45, 2.75) is 0 Å². The fourth-order valence-corrected chi connectivity index (χ4v) is 10.7. The molecule has 0 saturated carbocycles. The molecule has 0 atom stereocenters. The van der Waals surface area contributed by atoms with E-state index >= 15 is 0 Å². The number of nitrogens with zero attached hydrogens (tertiary/aromatic N) is 6. The highest BCUT2D eigenvalue weighted by molar-refractivity contribution is 6.99. The van der Waals surface area contributed by atoms with Gasteiger partial charge in [-0.1, -0.05) is 96.5 Å². The van der Waals surface area contributed by atoms with E-state index in [1.54, 1.807) is 0 Å². The maximum absolute atomic E-state index is 5.09. The normalized spacial score (nSPS) is 13.2. The Morgan fingerprint density at radius 2 is 1.27 bits per heavy atom. The topological polar surface area (TPSA) is 61.4 Å². The zero-order valence-electron chi connectivity index (χ0n) is 31.5. The lowest BCUT2D eigenvalue weighted by atomic mass is 9.34. The first-order valence-corrected chi connectivity index (χ1v) is 20.1. The average molecular weight is 749 g/mol. The summed E-state index contributed by atoms with van der Waals surface area (Å²) < 4.78 is 4.92. The van der Waals surface area contributed by atoms with Crippen molar-refractivity contribution in [2.24, 2.45) is 0 Å². The quantitative estimate of drug-likeness (QED) is 0.169. The van der Waals surface area contributed by atoms with Crippen molar-refractivity contribution in [2.75, 3.05) is 0 Å². The van der Waals surface area contributed by atoms with Crippen LogP contribution in [0, 0.1) is 0 Å².